The van der Waals surface area contributed by atoms with Crippen LogP contribution in [0.25, 0.3) is 0 Å². The highest BCUT2D eigenvalue weighted by Crippen LogP contribution is 2.17. The number of benzene rings is 1. The molecule has 0 aliphatic heterocycles. The minimum absolute atomic E-state index is 1.12. The summed E-state index contributed by atoms with van der Waals surface area (Å²) in [7, 11) is -1.19. The van der Waals surface area contributed by atoms with E-state index in [-0.39, 0.29) is 0 Å². The van der Waals surface area contributed by atoms with Gasteiger partial charge >= 0.3 is 0 Å². The van der Waals surface area contributed by atoms with Gasteiger partial charge in [-0.2, -0.15) is 0 Å². The molecule has 149 valence electrons. The molecule has 1 aromatic carbocycles. The standard InChI is InChI=1S/C25H45Si/c1-4-5-6-7-8-9-10-11-12-13-14-15-16-17-21-24-26(2,3)25-22-19-18-20-23-25/h18-20,22-23H,1,4-17,21,24H2,2-3H3. The third-order valence-electron chi connectivity index (χ3n) is 5.86. The summed E-state index contributed by atoms with van der Waals surface area (Å²) in [5.41, 5.74) is 0. The van der Waals surface area contributed by atoms with Crippen LogP contribution in [0.4, 0.5) is 0 Å². The lowest BCUT2D eigenvalue weighted by Gasteiger charge is -2.22. The molecule has 0 N–H and O–H groups in total. The molecule has 1 heteroatoms. The van der Waals surface area contributed by atoms with Gasteiger partial charge in [-0.25, -0.2) is 0 Å². The summed E-state index contributed by atoms with van der Waals surface area (Å²) in [6.45, 7) is 8.97. The summed E-state index contributed by atoms with van der Waals surface area (Å²) in [4.78, 5) is 0. The summed E-state index contributed by atoms with van der Waals surface area (Å²) in [5, 5.41) is 1.63. The number of rotatable bonds is 17. The van der Waals surface area contributed by atoms with Crippen LogP contribution < -0.4 is 5.19 Å². The lowest BCUT2D eigenvalue weighted by Crippen LogP contribution is -2.40. The number of hydrogen-bond donors (Lipinski definition) is 0. The van der Waals surface area contributed by atoms with Crippen molar-refractivity contribution in [1.29, 1.82) is 0 Å². The maximum Gasteiger partial charge on any atom is 0.0806 e. The topological polar surface area (TPSA) is 0 Å². The van der Waals surface area contributed by atoms with Crippen LogP contribution in [-0.2, 0) is 0 Å². The predicted molar refractivity (Wildman–Crippen MR) is 123 cm³/mol. The first-order chi connectivity index (χ1) is 12.7. The van der Waals surface area contributed by atoms with Gasteiger partial charge in [0.2, 0.25) is 0 Å². The van der Waals surface area contributed by atoms with Gasteiger partial charge in [0.25, 0.3) is 0 Å². The maximum atomic E-state index is 3.91. The number of unbranched alkanes of at least 4 members (excludes halogenated alkanes) is 14. The van der Waals surface area contributed by atoms with Gasteiger partial charge in [-0.3, -0.25) is 0 Å². The first-order valence-electron chi connectivity index (χ1n) is 11.5. The molecule has 26 heavy (non-hydrogen) atoms. The maximum absolute atomic E-state index is 3.91. The molecule has 0 amide bonds. The van der Waals surface area contributed by atoms with E-state index >= 15 is 0 Å². The molecule has 0 atom stereocenters. The Balaban J connectivity index is 1.85. The second-order valence-electron chi connectivity index (χ2n) is 8.80. The first kappa shape index (κ1) is 23.5. The largest absolute Gasteiger partial charge is 0.0806 e. The van der Waals surface area contributed by atoms with Gasteiger partial charge in [0, 0.05) is 0 Å². The molecule has 0 heterocycles. The Kier molecular flexibility index (Phi) is 14.0. The second-order valence-corrected chi connectivity index (χ2v) is 13.6. The summed E-state index contributed by atoms with van der Waals surface area (Å²) < 4.78 is 0. The zero-order chi connectivity index (χ0) is 18.9. The quantitative estimate of drug-likeness (QED) is 0.190. The summed E-state index contributed by atoms with van der Waals surface area (Å²) in [5.74, 6) is 0. The van der Waals surface area contributed by atoms with Gasteiger partial charge in [-0.15, -0.1) is 0 Å². The molecule has 1 radical (unpaired) electrons. The normalized spacial score (nSPS) is 11.8. The fourth-order valence-corrected chi connectivity index (χ4v) is 6.42. The van der Waals surface area contributed by atoms with Crippen LogP contribution in [0.15, 0.2) is 30.3 Å². The van der Waals surface area contributed by atoms with E-state index in [0.717, 1.165) is 6.42 Å². The Hall–Kier alpha value is -0.563. The summed E-state index contributed by atoms with van der Waals surface area (Å²) in [6, 6.07) is 12.7. The van der Waals surface area contributed by atoms with Crippen molar-refractivity contribution in [2.45, 2.75) is 115 Å². The van der Waals surface area contributed by atoms with Crippen molar-refractivity contribution in [3.63, 3.8) is 0 Å². The first-order valence-corrected chi connectivity index (χ1v) is 14.7. The van der Waals surface area contributed by atoms with Crippen LogP contribution in [0.5, 0.6) is 0 Å². The highest BCUT2D eigenvalue weighted by molar-refractivity contribution is 6.89. The molecule has 0 unspecified atom stereocenters. The lowest BCUT2D eigenvalue weighted by molar-refractivity contribution is 0.536. The second kappa shape index (κ2) is 15.5. The summed E-state index contributed by atoms with van der Waals surface area (Å²) >= 11 is 0. The average molecular weight is 374 g/mol. The van der Waals surface area contributed by atoms with Gasteiger partial charge < -0.3 is 0 Å². The average Bonchev–Trinajstić information content (AvgIpc) is 2.65. The Bertz CT molecular complexity index is 409. The summed E-state index contributed by atoms with van der Waals surface area (Å²) in [6.07, 6.45) is 21.3. The molecular weight excluding hydrogens is 328 g/mol. The zero-order valence-corrected chi connectivity index (χ0v) is 18.9. The van der Waals surface area contributed by atoms with Crippen LogP contribution in [0, 0.1) is 6.92 Å². The van der Waals surface area contributed by atoms with E-state index in [9.17, 15) is 0 Å². The lowest BCUT2D eigenvalue weighted by atomic mass is 10.0. The van der Waals surface area contributed by atoms with Crippen LogP contribution in [0.1, 0.15) is 96.3 Å². The van der Waals surface area contributed by atoms with Gasteiger partial charge in [-0.1, -0.05) is 158 Å². The van der Waals surface area contributed by atoms with Crippen LogP contribution in [0.2, 0.25) is 19.1 Å². The molecule has 0 aliphatic rings. The van der Waals surface area contributed by atoms with Crippen LogP contribution >= 0.6 is 0 Å². The van der Waals surface area contributed by atoms with E-state index in [1.54, 1.807) is 5.19 Å². The molecule has 1 aromatic rings. The minimum Gasteiger partial charge on any atom is -0.0654 e. The van der Waals surface area contributed by atoms with E-state index < -0.39 is 8.07 Å². The Labute approximate surface area is 166 Å². The van der Waals surface area contributed by atoms with Crippen molar-refractivity contribution >= 4 is 13.3 Å². The van der Waals surface area contributed by atoms with Gasteiger partial charge in [-0.05, 0) is 0 Å². The minimum atomic E-state index is -1.19. The van der Waals surface area contributed by atoms with Crippen molar-refractivity contribution in [3.05, 3.63) is 37.3 Å². The molecular formula is C25H45Si. The third-order valence-corrected chi connectivity index (χ3v) is 9.36. The molecule has 0 nitrogen and oxygen atoms in total. The van der Waals surface area contributed by atoms with E-state index in [0.29, 0.717) is 0 Å². The molecule has 0 aromatic heterocycles. The SMILES string of the molecule is [CH2]CCCCCCCCCCCCCCCC[Si](C)(C)c1ccccc1. The Morgan fingerprint density at radius 3 is 1.38 bits per heavy atom. The van der Waals surface area contributed by atoms with Crippen LogP contribution in [-0.4, -0.2) is 8.07 Å². The van der Waals surface area contributed by atoms with Gasteiger partial charge in [0.15, 0.2) is 0 Å². The molecule has 0 bridgehead atoms. The number of hydrogen-bond acceptors (Lipinski definition) is 0. The zero-order valence-electron chi connectivity index (χ0n) is 17.9. The van der Waals surface area contributed by atoms with Crippen molar-refractivity contribution in [1.82, 2.24) is 0 Å². The fraction of sp³-hybridized carbons (Fsp3) is 0.720. The van der Waals surface area contributed by atoms with Crippen LogP contribution in [0.3, 0.4) is 0 Å². The fourth-order valence-electron chi connectivity index (χ4n) is 3.90. The molecule has 0 saturated carbocycles. The smallest absolute Gasteiger partial charge is 0.0654 e. The molecule has 0 aliphatic carbocycles. The third kappa shape index (κ3) is 11.9. The van der Waals surface area contributed by atoms with Gasteiger partial charge in [0.1, 0.15) is 0 Å². The molecule has 0 spiro atoms. The highest BCUT2D eigenvalue weighted by Gasteiger charge is 2.21. The van der Waals surface area contributed by atoms with Crippen molar-refractivity contribution in [2.24, 2.45) is 0 Å². The van der Waals surface area contributed by atoms with E-state index in [1.165, 1.54) is 95.9 Å². The monoisotopic (exact) mass is 373 g/mol. The Morgan fingerprint density at radius 2 is 0.962 bits per heavy atom. The predicted octanol–water partition coefficient (Wildman–Crippen LogP) is 8.29. The molecule has 0 saturated heterocycles. The van der Waals surface area contributed by atoms with Crippen molar-refractivity contribution in [3.8, 4) is 0 Å². The molecule has 1 rings (SSSR count). The molecule has 0 fully saturated rings. The van der Waals surface area contributed by atoms with Gasteiger partial charge in [0.05, 0.1) is 8.07 Å². The van der Waals surface area contributed by atoms with Crippen molar-refractivity contribution < 1.29 is 0 Å². The van der Waals surface area contributed by atoms with E-state index in [1.807, 2.05) is 0 Å². The van der Waals surface area contributed by atoms with Crippen molar-refractivity contribution in [2.75, 3.05) is 0 Å². The van der Waals surface area contributed by atoms with E-state index in [2.05, 4.69) is 50.3 Å². The Morgan fingerprint density at radius 1 is 0.577 bits per heavy atom. The highest BCUT2D eigenvalue weighted by atomic mass is 28.3. The van der Waals surface area contributed by atoms with E-state index in [4.69, 9.17) is 0 Å².